The molecule has 206 valence electrons. The summed E-state index contributed by atoms with van der Waals surface area (Å²) in [4.78, 5) is 35.2. The molecule has 0 atom stereocenters. The average molecular weight is 548 g/mol. The molecule has 3 aromatic carbocycles. The second kappa shape index (κ2) is 13.6. The van der Waals surface area contributed by atoms with Gasteiger partial charge in [-0.2, -0.15) is 0 Å². The van der Waals surface area contributed by atoms with Gasteiger partial charge in [-0.3, -0.25) is 14.5 Å². The van der Waals surface area contributed by atoms with Crippen LogP contribution >= 0.6 is 11.6 Å². The Morgan fingerprint density at radius 2 is 1.59 bits per heavy atom. The molecule has 0 unspecified atom stereocenters. The van der Waals surface area contributed by atoms with Crippen molar-refractivity contribution in [1.29, 1.82) is 0 Å². The molecule has 0 aliphatic carbocycles. The topological polar surface area (TPSA) is 59.1 Å². The van der Waals surface area contributed by atoms with E-state index < -0.39 is 0 Å². The number of amides is 2. The van der Waals surface area contributed by atoms with Crippen LogP contribution in [0.2, 0.25) is 5.02 Å². The van der Waals surface area contributed by atoms with Crippen LogP contribution in [0.5, 0.6) is 0 Å². The Morgan fingerprint density at radius 3 is 2.28 bits per heavy atom. The molecule has 1 aliphatic rings. The highest BCUT2D eigenvalue weighted by atomic mass is 35.5. The van der Waals surface area contributed by atoms with Crippen molar-refractivity contribution in [3.05, 3.63) is 94.5 Å². The van der Waals surface area contributed by atoms with Crippen molar-refractivity contribution in [3.8, 4) is 0 Å². The highest BCUT2D eigenvalue weighted by molar-refractivity contribution is 6.31. The molecule has 0 spiro atoms. The van der Waals surface area contributed by atoms with Crippen molar-refractivity contribution in [2.75, 3.05) is 77.2 Å². The standard InChI is InChI=1S/C31H38ClN5O2/c1-34(2)16-17-36-18-20-37(21-19-36)29-13-12-26(31(39)35(3)15-14-24-8-5-4-6-9-24)23-28(29)33-30(38)25-10-7-11-27(32)22-25/h4-13,22-23H,14-21H2,1-3H3,(H,33,38). The zero-order valence-electron chi connectivity index (χ0n) is 23.1. The van der Waals surface area contributed by atoms with Crippen molar-refractivity contribution >= 4 is 34.8 Å². The third-order valence-electron chi connectivity index (χ3n) is 7.08. The van der Waals surface area contributed by atoms with E-state index in [1.54, 1.807) is 35.2 Å². The molecule has 3 aromatic rings. The maximum absolute atomic E-state index is 13.3. The summed E-state index contributed by atoms with van der Waals surface area (Å²) in [5.41, 5.74) is 3.75. The first-order valence-electron chi connectivity index (χ1n) is 13.4. The lowest BCUT2D eigenvalue weighted by atomic mass is 10.1. The van der Waals surface area contributed by atoms with Crippen LogP contribution in [0.3, 0.4) is 0 Å². The molecule has 2 amide bonds. The lowest BCUT2D eigenvalue weighted by molar-refractivity contribution is 0.0796. The van der Waals surface area contributed by atoms with E-state index in [0.717, 1.165) is 51.4 Å². The maximum Gasteiger partial charge on any atom is 0.255 e. The monoisotopic (exact) mass is 547 g/mol. The zero-order valence-corrected chi connectivity index (χ0v) is 23.8. The van der Waals surface area contributed by atoms with Crippen LogP contribution in [0.4, 0.5) is 11.4 Å². The molecule has 1 saturated heterocycles. The predicted octanol–water partition coefficient (Wildman–Crippen LogP) is 4.59. The molecule has 1 N–H and O–H groups in total. The number of likely N-dealkylation sites (N-methyl/N-ethyl adjacent to an activating group) is 2. The lowest BCUT2D eigenvalue weighted by Crippen LogP contribution is -2.48. The first-order valence-corrected chi connectivity index (χ1v) is 13.8. The largest absolute Gasteiger partial charge is 0.367 e. The first kappa shape index (κ1) is 28.6. The van der Waals surface area contributed by atoms with Gasteiger partial charge in [0.25, 0.3) is 11.8 Å². The molecule has 4 rings (SSSR count). The second-order valence-electron chi connectivity index (χ2n) is 10.3. The molecule has 7 nitrogen and oxygen atoms in total. The number of anilines is 2. The Kier molecular flexibility index (Phi) is 9.98. The van der Waals surface area contributed by atoms with Gasteiger partial charge in [0.2, 0.25) is 0 Å². The minimum Gasteiger partial charge on any atom is -0.367 e. The maximum atomic E-state index is 13.3. The van der Waals surface area contributed by atoms with E-state index in [2.05, 4.69) is 46.2 Å². The Hall–Kier alpha value is -3.39. The molecule has 0 saturated carbocycles. The zero-order chi connectivity index (χ0) is 27.8. The van der Waals surface area contributed by atoms with Gasteiger partial charge >= 0.3 is 0 Å². The van der Waals surface area contributed by atoms with Gasteiger partial charge in [-0.15, -0.1) is 0 Å². The smallest absolute Gasteiger partial charge is 0.255 e. The predicted molar refractivity (Wildman–Crippen MR) is 160 cm³/mol. The number of hydrogen-bond donors (Lipinski definition) is 1. The summed E-state index contributed by atoms with van der Waals surface area (Å²) in [6.07, 6.45) is 0.775. The van der Waals surface area contributed by atoms with Gasteiger partial charge in [-0.1, -0.05) is 48.0 Å². The van der Waals surface area contributed by atoms with Crippen LogP contribution < -0.4 is 10.2 Å². The van der Waals surface area contributed by atoms with Gasteiger partial charge in [0.05, 0.1) is 11.4 Å². The molecule has 8 heteroatoms. The van der Waals surface area contributed by atoms with Crippen molar-refractivity contribution in [1.82, 2.24) is 14.7 Å². The minimum atomic E-state index is -0.259. The summed E-state index contributed by atoms with van der Waals surface area (Å²) in [5.74, 6) is -0.338. The number of hydrogen-bond acceptors (Lipinski definition) is 5. The van der Waals surface area contributed by atoms with Gasteiger partial charge in [0.1, 0.15) is 0 Å². The Morgan fingerprint density at radius 1 is 0.846 bits per heavy atom. The van der Waals surface area contributed by atoms with E-state index in [1.165, 1.54) is 5.56 Å². The fraction of sp³-hybridized carbons (Fsp3) is 0.355. The summed E-state index contributed by atoms with van der Waals surface area (Å²) in [5, 5.41) is 3.57. The molecule has 0 radical (unpaired) electrons. The van der Waals surface area contributed by atoms with Crippen LogP contribution in [0, 0.1) is 0 Å². The van der Waals surface area contributed by atoms with Gasteiger partial charge < -0.3 is 20.0 Å². The van der Waals surface area contributed by atoms with E-state index in [4.69, 9.17) is 11.6 Å². The Bertz CT molecular complexity index is 1260. The molecule has 1 aliphatic heterocycles. The van der Waals surface area contributed by atoms with E-state index >= 15 is 0 Å². The number of nitrogens with one attached hydrogen (secondary N) is 1. The van der Waals surface area contributed by atoms with Gasteiger partial charge in [0, 0.05) is 69.0 Å². The quantitative estimate of drug-likeness (QED) is 0.402. The van der Waals surface area contributed by atoms with Crippen molar-refractivity contribution in [2.45, 2.75) is 6.42 Å². The van der Waals surface area contributed by atoms with E-state index in [9.17, 15) is 9.59 Å². The summed E-state index contributed by atoms with van der Waals surface area (Å²) < 4.78 is 0. The van der Waals surface area contributed by atoms with Crippen molar-refractivity contribution < 1.29 is 9.59 Å². The summed E-state index contributed by atoms with van der Waals surface area (Å²) >= 11 is 6.13. The van der Waals surface area contributed by atoms with Gasteiger partial charge in [-0.25, -0.2) is 0 Å². The molecule has 1 fully saturated rings. The van der Waals surface area contributed by atoms with Gasteiger partial charge in [0.15, 0.2) is 0 Å². The Balaban J connectivity index is 1.52. The van der Waals surface area contributed by atoms with E-state index in [-0.39, 0.29) is 11.8 Å². The number of carbonyl (C=O) groups is 2. The third kappa shape index (κ3) is 8.05. The summed E-state index contributed by atoms with van der Waals surface area (Å²) in [6.45, 7) is 6.23. The molecule has 0 bridgehead atoms. The number of piperazine rings is 1. The molecular weight excluding hydrogens is 510 g/mol. The minimum absolute atomic E-state index is 0.0794. The average Bonchev–Trinajstić information content (AvgIpc) is 2.95. The highest BCUT2D eigenvalue weighted by Crippen LogP contribution is 2.30. The molecule has 0 aromatic heterocycles. The van der Waals surface area contributed by atoms with E-state index in [0.29, 0.717) is 28.4 Å². The highest BCUT2D eigenvalue weighted by Gasteiger charge is 2.22. The van der Waals surface area contributed by atoms with Crippen LogP contribution in [0.15, 0.2) is 72.8 Å². The van der Waals surface area contributed by atoms with Crippen molar-refractivity contribution in [2.24, 2.45) is 0 Å². The van der Waals surface area contributed by atoms with Crippen LogP contribution in [-0.2, 0) is 6.42 Å². The second-order valence-corrected chi connectivity index (χ2v) is 10.7. The number of nitrogens with zero attached hydrogens (tertiary/aromatic N) is 4. The number of halogens is 1. The van der Waals surface area contributed by atoms with Crippen molar-refractivity contribution in [3.63, 3.8) is 0 Å². The normalized spacial score (nSPS) is 13.9. The van der Waals surface area contributed by atoms with Gasteiger partial charge in [-0.05, 0) is 62.5 Å². The van der Waals surface area contributed by atoms with Crippen LogP contribution in [-0.4, -0.2) is 93.5 Å². The fourth-order valence-corrected chi connectivity index (χ4v) is 4.88. The number of carbonyl (C=O) groups excluding carboxylic acids is 2. The molecule has 1 heterocycles. The Labute approximate surface area is 236 Å². The molecular formula is C31H38ClN5O2. The van der Waals surface area contributed by atoms with E-state index in [1.807, 2.05) is 37.4 Å². The molecule has 39 heavy (non-hydrogen) atoms. The summed E-state index contributed by atoms with van der Waals surface area (Å²) in [7, 11) is 6.00. The third-order valence-corrected chi connectivity index (χ3v) is 7.32. The van der Waals surface area contributed by atoms with Crippen LogP contribution in [0.25, 0.3) is 0 Å². The first-order chi connectivity index (χ1) is 18.8. The van der Waals surface area contributed by atoms with Crippen LogP contribution in [0.1, 0.15) is 26.3 Å². The summed E-state index contributed by atoms with van der Waals surface area (Å²) in [6, 6.07) is 22.6. The number of benzene rings is 3. The SMILES string of the molecule is CN(C)CCN1CCN(c2ccc(C(=O)N(C)CCc3ccccc3)cc2NC(=O)c2cccc(Cl)c2)CC1. The fourth-order valence-electron chi connectivity index (χ4n) is 4.69. The number of rotatable bonds is 10. The lowest BCUT2D eigenvalue weighted by Gasteiger charge is -2.37.